The largest absolute Gasteiger partial charge is 0.398 e. The lowest BCUT2D eigenvalue weighted by Crippen LogP contribution is -2.35. The van der Waals surface area contributed by atoms with E-state index in [1.807, 2.05) is 28.9 Å². The molecule has 3 aromatic rings. The summed E-state index contributed by atoms with van der Waals surface area (Å²) in [6.07, 6.45) is 4.81. The molecule has 0 aliphatic rings. The van der Waals surface area contributed by atoms with Gasteiger partial charge in [0.1, 0.15) is 0 Å². The van der Waals surface area contributed by atoms with Gasteiger partial charge in [-0.15, -0.1) is 0 Å². The fraction of sp³-hybridized carbons (Fsp3) is 0.348. The highest BCUT2D eigenvalue weighted by Gasteiger charge is 2.21. The summed E-state index contributed by atoms with van der Waals surface area (Å²) in [6, 6.07) is 14.1. The normalized spacial score (nSPS) is 12.3. The van der Waals surface area contributed by atoms with Crippen molar-refractivity contribution in [2.45, 2.75) is 39.3 Å². The standard InChI is InChI=1S/C23H27ClN2O4S/c1-17(2)25(3)20-10-6-18(7-11-20)8-13-23-26(14-4-5-15-31(27,28)29)21-16-19(24)9-12-22(21)30-23/h6-13,16-17H,4-5,14-15H2,1-3H3/p+1. The van der Waals surface area contributed by atoms with Gasteiger partial charge in [0.2, 0.25) is 5.58 Å². The first kappa shape index (κ1) is 23.3. The summed E-state index contributed by atoms with van der Waals surface area (Å²) in [7, 11) is -1.89. The van der Waals surface area contributed by atoms with Crippen LogP contribution in [0, 0.1) is 0 Å². The van der Waals surface area contributed by atoms with Crippen molar-refractivity contribution in [3.8, 4) is 0 Å². The first-order chi connectivity index (χ1) is 14.6. The number of nitrogens with zero attached hydrogens (tertiary/aromatic N) is 2. The predicted molar refractivity (Wildman–Crippen MR) is 126 cm³/mol. The fourth-order valence-corrected chi connectivity index (χ4v) is 4.00. The third-order valence-corrected chi connectivity index (χ3v) is 6.26. The number of anilines is 1. The number of halogens is 1. The van der Waals surface area contributed by atoms with Crippen molar-refractivity contribution < 1.29 is 22.0 Å². The maximum atomic E-state index is 11.0. The van der Waals surface area contributed by atoms with Crippen LogP contribution in [-0.2, 0) is 16.7 Å². The fourth-order valence-electron chi connectivity index (χ4n) is 3.27. The summed E-state index contributed by atoms with van der Waals surface area (Å²) in [4.78, 5) is 2.21. The molecule has 0 saturated carbocycles. The maximum Gasteiger partial charge on any atom is 0.374 e. The maximum absolute atomic E-state index is 11.0. The Morgan fingerprint density at radius 1 is 1.13 bits per heavy atom. The van der Waals surface area contributed by atoms with Crippen molar-refractivity contribution in [1.82, 2.24) is 0 Å². The van der Waals surface area contributed by atoms with Gasteiger partial charge in [0.15, 0.2) is 6.54 Å². The zero-order chi connectivity index (χ0) is 22.6. The molecule has 0 amide bonds. The van der Waals surface area contributed by atoms with Gasteiger partial charge in [0.25, 0.3) is 15.6 Å². The number of hydrogen-bond donors (Lipinski definition) is 1. The molecule has 166 valence electrons. The van der Waals surface area contributed by atoms with Crippen LogP contribution in [0.1, 0.15) is 38.1 Å². The Labute approximate surface area is 188 Å². The number of rotatable bonds is 9. The minimum Gasteiger partial charge on any atom is -0.398 e. The van der Waals surface area contributed by atoms with E-state index in [1.165, 1.54) is 0 Å². The molecular formula is C23H28ClN2O4S+. The molecule has 0 saturated heterocycles. The summed E-state index contributed by atoms with van der Waals surface area (Å²) in [5.41, 5.74) is 3.73. The van der Waals surface area contributed by atoms with E-state index in [4.69, 9.17) is 20.6 Å². The van der Waals surface area contributed by atoms with E-state index < -0.39 is 10.1 Å². The van der Waals surface area contributed by atoms with Crippen LogP contribution >= 0.6 is 11.6 Å². The lowest BCUT2D eigenvalue weighted by Gasteiger charge is -2.23. The Morgan fingerprint density at radius 3 is 2.48 bits per heavy atom. The van der Waals surface area contributed by atoms with Gasteiger partial charge < -0.3 is 9.32 Å². The summed E-state index contributed by atoms with van der Waals surface area (Å²) < 4.78 is 38.9. The van der Waals surface area contributed by atoms with Gasteiger partial charge in [-0.25, -0.2) is 0 Å². The van der Waals surface area contributed by atoms with E-state index in [0.717, 1.165) is 16.8 Å². The molecule has 6 nitrogen and oxygen atoms in total. The van der Waals surface area contributed by atoms with Crippen molar-refractivity contribution in [1.29, 1.82) is 0 Å². The number of aromatic nitrogens is 1. The predicted octanol–water partition coefficient (Wildman–Crippen LogP) is 5.06. The Hall–Kier alpha value is -2.35. The monoisotopic (exact) mass is 463 g/mol. The Balaban J connectivity index is 1.83. The third-order valence-electron chi connectivity index (χ3n) is 5.22. The van der Waals surface area contributed by atoms with Crippen molar-refractivity contribution in [2.75, 3.05) is 17.7 Å². The molecule has 0 atom stereocenters. The Morgan fingerprint density at radius 2 is 1.84 bits per heavy atom. The molecule has 0 fully saturated rings. The van der Waals surface area contributed by atoms with Crippen LogP contribution in [0.3, 0.4) is 0 Å². The van der Waals surface area contributed by atoms with Crippen molar-refractivity contribution in [2.24, 2.45) is 0 Å². The van der Waals surface area contributed by atoms with Gasteiger partial charge in [0, 0.05) is 36.3 Å². The van der Waals surface area contributed by atoms with Gasteiger partial charge in [-0.05, 0) is 56.2 Å². The molecule has 8 heteroatoms. The zero-order valence-electron chi connectivity index (χ0n) is 18.0. The summed E-state index contributed by atoms with van der Waals surface area (Å²) in [5.74, 6) is 0.388. The smallest absolute Gasteiger partial charge is 0.374 e. The minimum atomic E-state index is -3.96. The van der Waals surface area contributed by atoms with Crippen molar-refractivity contribution in [3.05, 3.63) is 58.9 Å². The van der Waals surface area contributed by atoms with E-state index in [1.54, 1.807) is 6.07 Å². The molecule has 1 N–H and O–H groups in total. The summed E-state index contributed by atoms with van der Waals surface area (Å²) >= 11 is 6.17. The van der Waals surface area contributed by atoms with Gasteiger partial charge in [0.05, 0.1) is 11.8 Å². The van der Waals surface area contributed by atoms with Crippen LogP contribution in [0.25, 0.3) is 23.3 Å². The SMILES string of the molecule is CC(C)N(C)c1ccc(/C=C/c2oc3ccc(Cl)cc3[n+]2CCCCS(=O)(=O)O)cc1. The minimum absolute atomic E-state index is 0.257. The van der Waals surface area contributed by atoms with E-state index >= 15 is 0 Å². The third kappa shape index (κ3) is 6.32. The molecule has 0 bridgehead atoms. The van der Waals surface area contributed by atoms with Crippen LogP contribution in [-0.4, -0.2) is 31.8 Å². The van der Waals surface area contributed by atoms with E-state index in [9.17, 15) is 8.42 Å². The quantitative estimate of drug-likeness (QED) is 0.273. The van der Waals surface area contributed by atoms with E-state index in [2.05, 4.69) is 50.1 Å². The molecular weight excluding hydrogens is 436 g/mol. The second kappa shape index (κ2) is 9.85. The van der Waals surface area contributed by atoms with Crippen molar-refractivity contribution >= 4 is 50.7 Å². The number of unbranched alkanes of at least 4 members (excludes halogenated alkanes) is 1. The highest BCUT2D eigenvalue weighted by molar-refractivity contribution is 7.85. The highest BCUT2D eigenvalue weighted by atomic mass is 35.5. The van der Waals surface area contributed by atoms with Crippen LogP contribution in [0.4, 0.5) is 5.69 Å². The van der Waals surface area contributed by atoms with Crippen LogP contribution in [0.15, 0.2) is 46.9 Å². The molecule has 0 aliphatic carbocycles. The second-order valence-electron chi connectivity index (χ2n) is 7.83. The van der Waals surface area contributed by atoms with E-state index in [-0.39, 0.29) is 5.75 Å². The molecule has 31 heavy (non-hydrogen) atoms. The molecule has 1 aromatic heterocycles. The summed E-state index contributed by atoms with van der Waals surface area (Å²) in [5, 5.41) is 0.598. The number of benzene rings is 2. The number of oxazole rings is 1. The lowest BCUT2D eigenvalue weighted by atomic mass is 10.1. The van der Waals surface area contributed by atoms with Crippen LogP contribution in [0.2, 0.25) is 5.02 Å². The molecule has 0 radical (unpaired) electrons. The highest BCUT2D eigenvalue weighted by Crippen LogP contribution is 2.21. The molecule has 0 spiro atoms. The average molecular weight is 464 g/mol. The number of fused-ring (bicyclic) bond motifs is 1. The van der Waals surface area contributed by atoms with Crippen LogP contribution in [0.5, 0.6) is 0 Å². The second-order valence-corrected chi connectivity index (χ2v) is 9.84. The molecule has 0 aliphatic heterocycles. The van der Waals surface area contributed by atoms with Gasteiger partial charge >= 0.3 is 5.89 Å². The van der Waals surface area contributed by atoms with Gasteiger partial charge in [-0.2, -0.15) is 13.0 Å². The molecule has 2 aromatic carbocycles. The van der Waals surface area contributed by atoms with Gasteiger partial charge in [-0.1, -0.05) is 23.7 Å². The van der Waals surface area contributed by atoms with Crippen LogP contribution < -0.4 is 9.47 Å². The van der Waals surface area contributed by atoms with Gasteiger partial charge in [-0.3, -0.25) is 4.55 Å². The Kier molecular flexibility index (Phi) is 7.41. The molecule has 1 heterocycles. The average Bonchev–Trinajstić information content (AvgIpc) is 3.05. The lowest BCUT2D eigenvalue weighted by molar-refractivity contribution is -0.678. The first-order valence-corrected chi connectivity index (χ1v) is 12.2. The molecule has 0 unspecified atom stereocenters. The first-order valence-electron chi connectivity index (χ1n) is 10.2. The van der Waals surface area contributed by atoms with E-state index in [0.29, 0.717) is 41.9 Å². The number of aryl methyl sites for hydroxylation is 1. The summed E-state index contributed by atoms with van der Waals surface area (Å²) in [6.45, 7) is 4.84. The topological polar surface area (TPSA) is 74.6 Å². The Bertz CT molecular complexity index is 1170. The number of hydrogen-bond acceptors (Lipinski definition) is 4. The van der Waals surface area contributed by atoms with Crippen molar-refractivity contribution in [3.63, 3.8) is 0 Å². The molecule has 3 rings (SSSR count). The zero-order valence-corrected chi connectivity index (χ0v) is 19.5.